The lowest BCUT2D eigenvalue weighted by Crippen LogP contribution is -2.30. The topological polar surface area (TPSA) is 68.6 Å². The number of fused-ring (bicyclic) bond motifs is 1. The van der Waals surface area contributed by atoms with Gasteiger partial charge in [0.15, 0.2) is 0 Å². The summed E-state index contributed by atoms with van der Waals surface area (Å²) in [5.41, 5.74) is 0.558. The molecule has 0 saturated carbocycles. The van der Waals surface area contributed by atoms with Gasteiger partial charge in [-0.3, -0.25) is 9.69 Å². The monoisotopic (exact) mass is 372 g/mol. The van der Waals surface area contributed by atoms with Crippen LogP contribution in [-0.4, -0.2) is 59.8 Å². The summed E-state index contributed by atoms with van der Waals surface area (Å²) in [5.74, 6) is 1.51. The minimum atomic E-state index is -0.131. The zero-order valence-electron chi connectivity index (χ0n) is 15.9. The van der Waals surface area contributed by atoms with Crippen LogP contribution in [0.3, 0.4) is 0 Å². The Hall–Kier alpha value is -2.38. The third-order valence-electron chi connectivity index (χ3n) is 4.63. The lowest BCUT2D eigenvalue weighted by atomic mass is 10.2. The van der Waals surface area contributed by atoms with E-state index in [0.29, 0.717) is 37.7 Å². The molecule has 1 N–H and O–H groups in total. The number of rotatable bonds is 2. The highest BCUT2D eigenvalue weighted by molar-refractivity contribution is 5.96. The van der Waals surface area contributed by atoms with Crippen LogP contribution < -0.4 is 10.1 Å². The summed E-state index contributed by atoms with van der Waals surface area (Å²) >= 11 is 0. The molecule has 1 aliphatic heterocycles. The van der Waals surface area contributed by atoms with E-state index in [9.17, 15) is 4.79 Å². The first-order chi connectivity index (χ1) is 13.2. The zero-order valence-corrected chi connectivity index (χ0v) is 15.9. The number of aromatic nitrogens is 2. The molecule has 0 radical (unpaired) electrons. The van der Waals surface area contributed by atoms with Gasteiger partial charge in [-0.25, -0.2) is 4.98 Å². The molecule has 0 unspecified atom stereocenters. The molecule has 1 aromatic heterocycles. The molecule has 0 fully saturated rings. The van der Waals surface area contributed by atoms with Crippen LogP contribution >= 0.6 is 0 Å². The van der Waals surface area contributed by atoms with Gasteiger partial charge in [0.1, 0.15) is 18.2 Å². The number of hydrogen-bond acceptors (Lipinski definition) is 5. The Morgan fingerprint density at radius 1 is 1.15 bits per heavy atom. The van der Waals surface area contributed by atoms with Crippen LogP contribution in [0.2, 0.25) is 0 Å². The van der Waals surface area contributed by atoms with Crippen molar-refractivity contribution in [3.63, 3.8) is 0 Å². The van der Waals surface area contributed by atoms with Crippen molar-refractivity contribution in [2.24, 2.45) is 7.05 Å². The number of imidazole rings is 1. The first kappa shape index (κ1) is 19.4. The largest absolute Gasteiger partial charge is 0.491 e. The van der Waals surface area contributed by atoms with Crippen molar-refractivity contribution in [1.29, 1.82) is 0 Å². The highest BCUT2D eigenvalue weighted by Gasteiger charge is 2.14. The molecule has 3 rings (SSSR count). The van der Waals surface area contributed by atoms with Gasteiger partial charge < -0.3 is 19.4 Å². The summed E-state index contributed by atoms with van der Waals surface area (Å²) in [6.07, 6.45) is 5.82. The summed E-state index contributed by atoms with van der Waals surface area (Å²) in [5, 5.41) is 2.89. The van der Waals surface area contributed by atoms with Gasteiger partial charge in [0.05, 0.1) is 18.7 Å². The van der Waals surface area contributed by atoms with Gasteiger partial charge in [-0.2, -0.15) is 0 Å². The van der Waals surface area contributed by atoms with Crippen LogP contribution in [0, 0.1) is 0 Å². The summed E-state index contributed by atoms with van der Waals surface area (Å²) in [6, 6.07) is 7.36. The van der Waals surface area contributed by atoms with Gasteiger partial charge in [0.25, 0.3) is 5.91 Å². The van der Waals surface area contributed by atoms with Gasteiger partial charge in [-0.05, 0) is 31.5 Å². The van der Waals surface area contributed by atoms with Crippen molar-refractivity contribution in [2.75, 3.05) is 39.5 Å². The first-order valence-corrected chi connectivity index (χ1v) is 9.50. The number of aryl methyl sites for hydroxylation is 1. The van der Waals surface area contributed by atoms with E-state index < -0.39 is 0 Å². The maximum Gasteiger partial charge on any atom is 0.255 e. The maximum absolute atomic E-state index is 12.4. The number of hydrogen-bond donors (Lipinski definition) is 1. The molecule has 1 aromatic carbocycles. The van der Waals surface area contributed by atoms with E-state index in [4.69, 9.17) is 9.47 Å². The molecule has 0 saturated heterocycles. The fourth-order valence-corrected chi connectivity index (χ4v) is 3.06. The van der Waals surface area contributed by atoms with Crippen LogP contribution in [0.25, 0.3) is 0 Å². The molecule has 1 amide bonds. The number of nitrogens with one attached hydrogen (secondary N) is 1. The van der Waals surface area contributed by atoms with E-state index in [1.807, 2.05) is 42.2 Å². The van der Waals surface area contributed by atoms with Crippen molar-refractivity contribution in [2.45, 2.75) is 19.4 Å². The van der Waals surface area contributed by atoms with Gasteiger partial charge in [-0.15, -0.1) is 0 Å². The Balaban J connectivity index is 1.68. The second-order valence-corrected chi connectivity index (χ2v) is 6.65. The molecule has 146 valence electrons. The third-order valence-corrected chi connectivity index (χ3v) is 4.63. The third kappa shape index (κ3) is 5.80. The molecule has 0 bridgehead atoms. The molecule has 0 spiro atoms. The fraction of sp³-hybridized carbons (Fsp3) is 0.500. The van der Waals surface area contributed by atoms with Crippen LogP contribution in [0.1, 0.15) is 29.0 Å². The van der Waals surface area contributed by atoms with Gasteiger partial charge in [-0.1, -0.05) is 12.1 Å². The quantitative estimate of drug-likeness (QED) is 0.871. The first-order valence-electron chi connectivity index (χ1n) is 9.50. The van der Waals surface area contributed by atoms with Crippen LogP contribution in [0.15, 0.2) is 36.7 Å². The number of benzene rings is 1. The number of carbonyl (C=O) groups is 1. The highest BCUT2D eigenvalue weighted by atomic mass is 16.5. The van der Waals surface area contributed by atoms with Crippen LogP contribution in [0.5, 0.6) is 5.75 Å². The average Bonchev–Trinajstić information content (AvgIpc) is 3.07. The number of carbonyl (C=O) groups excluding carboxylic acids is 1. The van der Waals surface area contributed by atoms with Crippen LogP contribution in [-0.2, 0) is 18.3 Å². The van der Waals surface area contributed by atoms with Crippen molar-refractivity contribution in [1.82, 2.24) is 19.8 Å². The summed E-state index contributed by atoms with van der Waals surface area (Å²) < 4.78 is 13.6. The minimum Gasteiger partial charge on any atom is -0.491 e. The highest BCUT2D eigenvalue weighted by Crippen LogP contribution is 2.18. The fourth-order valence-electron chi connectivity index (χ4n) is 3.06. The average molecular weight is 372 g/mol. The second-order valence-electron chi connectivity index (χ2n) is 6.65. The van der Waals surface area contributed by atoms with E-state index >= 15 is 0 Å². The summed E-state index contributed by atoms with van der Waals surface area (Å²) in [7, 11) is 2.01. The van der Waals surface area contributed by atoms with Crippen LogP contribution in [0.4, 0.5) is 0 Å². The molecule has 2 aromatic rings. The van der Waals surface area contributed by atoms with E-state index in [1.165, 1.54) is 0 Å². The minimum absolute atomic E-state index is 0.131. The predicted octanol–water partition coefficient (Wildman–Crippen LogP) is 1.84. The molecular weight excluding hydrogens is 344 g/mol. The second kappa shape index (κ2) is 10.1. The van der Waals surface area contributed by atoms with E-state index in [2.05, 4.69) is 15.2 Å². The van der Waals surface area contributed by atoms with E-state index in [0.717, 1.165) is 38.3 Å². The number of ether oxygens (including phenoxy) is 2. The number of nitrogens with zero attached hydrogens (tertiary/aromatic N) is 3. The van der Waals surface area contributed by atoms with E-state index in [-0.39, 0.29) is 5.91 Å². The molecule has 7 heteroatoms. The summed E-state index contributed by atoms with van der Waals surface area (Å²) in [6.45, 7) is 4.74. The molecular formula is C20H28N4O3. The molecule has 1 aliphatic rings. The molecule has 7 nitrogen and oxygen atoms in total. The maximum atomic E-state index is 12.4. The molecule has 0 aliphatic carbocycles. The van der Waals surface area contributed by atoms with E-state index in [1.54, 1.807) is 6.07 Å². The Kier molecular flexibility index (Phi) is 7.24. The smallest absolute Gasteiger partial charge is 0.255 e. The Bertz CT molecular complexity index is 732. The lowest BCUT2D eigenvalue weighted by molar-refractivity contribution is 0.0909. The van der Waals surface area contributed by atoms with Crippen molar-refractivity contribution in [3.8, 4) is 5.75 Å². The Labute approximate surface area is 160 Å². The molecule has 27 heavy (non-hydrogen) atoms. The van der Waals surface area contributed by atoms with Gasteiger partial charge in [0.2, 0.25) is 0 Å². The van der Waals surface area contributed by atoms with Gasteiger partial charge >= 0.3 is 0 Å². The summed E-state index contributed by atoms with van der Waals surface area (Å²) in [4.78, 5) is 19.2. The number of amides is 1. The SMILES string of the molecule is Cn1ccnc1CN1CCCCOCCNC(=O)c2ccccc2OCC1. The van der Waals surface area contributed by atoms with Crippen molar-refractivity contribution >= 4 is 5.91 Å². The number of para-hydroxylation sites is 1. The van der Waals surface area contributed by atoms with Gasteiger partial charge in [0, 0.05) is 39.1 Å². The Morgan fingerprint density at radius 2 is 2.04 bits per heavy atom. The lowest BCUT2D eigenvalue weighted by Gasteiger charge is -2.22. The predicted molar refractivity (Wildman–Crippen MR) is 103 cm³/mol. The van der Waals surface area contributed by atoms with Crippen molar-refractivity contribution in [3.05, 3.63) is 48.0 Å². The standard InChI is InChI=1S/C20H28N4O3/c1-23-11-8-21-19(23)16-24-10-4-5-13-26-14-9-22-20(25)17-6-2-3-7-18(17)27-15-12-24/h2-3,6-8,11H,4-5,9-10,12-16H2,1H3,(H,22,25). The Morgan fingerprint density at radius 3 is 2.89 bits per heavy atom. The van der Waals surface area contributed by atoms with Crippen molar-refractivity contribution < 1.29 is 14.3 Å². The molecule has 0 atom stereocenters. The molecule has 2 heterocycles. The normalized spacial score (nSPS) is 17.9. The zero-order chi connectivity index (χ0) is 18.9.